The zero-order valence-corrected chi connectivity index (χ0v) is 27.1. The van der Waals surface area contributed by atoms with E-state index in [-0.39, 0.29) is 0 Å². The molecule has 11 aromatic rings. The Bertz CT molecular complexity index is 3130. The van der Waals surface area contributed by atoms with Crippen LogP contribution in [0.3, 0.4) is 0 Å². The average molecular weight is 655 g/mol. The van der Waals surface area contributed by atoms with Crippen molar-refractivity contribution < 1.29 is 13.3 Å². The first-order valence-electron chi connectivity index (χ1n) is 17.0. The van der Waals surface area contributed by atoms with Crippen molar-refractivity contribution in [3.8, 4) is 44.9 Å². The Hall–Kier alpha value is -6.98. The number of hydrogen-bond donors (Lipinski definition) is 0. The van der Waals surface area contributed by atoms with Crippen molar-refractivity contribution in [1.82, 2.24) is 9.97 Å². The van der Waals surface area contributed by atoms with E-state index in [9.17, 15) is 0 Å². The van der Waals surface area contributed by atoms with Crippen molar-refractivity contribution in [2.45, 2.75) is 0 Å². The van der Waals surface area contributed by atoms with Crippen LogP contribution in [0.15, 0.2) is 171 Å². The molecule has 0 unspecified atom stereocenters. The van der Waals surface area contributed by atoms with E-state index in [1.54, 1.807) is 0 Å². The minimum atomic E-state index is 0.628. The largest absolute Gasteiger partial charge is 0.456 e. The number of benzene rings is 7. The molecule has 51 heavy (non-hydrogen) atoms. The number of fused-ring (bicyclic) bond motifs is 9. The SMILES string of the molecule is c1ccc(-c2ccc3oc4c(-c5cccc6c5oc5ccc(-c7ccc8oc9ccccc9c8c7)cc56)nc(-c5ccccc5)nc4c3c2)cc1. The van der Waals surface area contributed by atoms with Gasteiger partial charge in [-0.3, -0.25) is 0 Å². The second kappa shape index (κ2) is 10.8. The Morgan fingerprint density at radius 1 is 0.333 bits per heavy atom. The van der Waals surface area contributed by atoms with Crippen LogP contribution in [0.5, 0.6) is 0 Å². The third kappa shape index (κ3) is 4.35. The minimum Gasteiger partial charge on any atom is -0.456 e. The van der Waals surface area contributed by atoms with E-state index in [1.165, 1.54) is 0 Å². The Labute approximate surface area is 291 Å². The zero-order valence-electron chi connectivity index (χ0n) is 27.1. The van der Waals surface area contributed by atoms with Gasteiger partial charge in [-0.15, -0.1) is 0 Å². The summed E-state index contributed by atoms with van der Waals surface area (Å²) < 4.78 is 19.4. The lowest BCUT2D eigenvalue weighted by Gasteiger charge is -2.07. The predicted octanol–water partition coefficient (Wildman–Crippen LogP) is 12.8. The first-order valence-corrected chi connectivity index (χ1v) is 17.0. The lowest BCUT2D eigenvalue weighted by atomic mass is 10.00. The molecule has 4 aromatic heterocycles. The molecule has 0 aliphatic rings. The Kier molecular flexibility index (Phi) is 5.89. The van der Waals surface area contributed by atoms with Crippen LogP contribution in [0.4, 0.5) is 0 Å². The number of hydrogen-bond acceptors (Lipinski definition) is 5. The number of rotatable bonds is 4. The molecule has 0 fully saturated rings. The monoisotopic (exact) mass is 654 g/mol. The van der Waals surface area contributed by atoms with Crippen molar-refractivity contribution in [2.24, 2.45) is 0 Å². The van der Waals surface area contributed by atoms with E-state index < -0.39 is 0 Å². The maximum Gasteiger partial charge on any atom is 0.180 e. The summed E-state index contributed by atoms with van der Waals surface area (Å²) in [6.45, 7) is 0. The fourth-order valence-electron chi connectivity index (χ4n) is 7.42. The molecule has 0 saturated carbocycles. The molecule has 0 bridgehead atoms. The third-order valence-corrected chi connectivity index (χ3v) is 9.91. The molecule has 7 aromatic carbocycles. The molecule has 0 aliphatic carbocycles. The third-order valence-electron chi connectivity index (χ3n) is 9.91. The second-order valence-corrected chi connectivity index (χ2v) is 12.9. The number of para-hydroxylation sites is 2. The molecule has 0 N–H and O–H groups in total. The number of furan rings is 3. The van der Waals surface area contributed by atoms with Crippen LogP contribution in [-0.4, -0.2) is 9.97 Å². The molecule has 0 amide bonds. The lowest BCUT2D eigenvalue weighted by Crippen LogP contribution is -1.94. The molecular weight excluding hydrogens is 629 g/mol. The fourth-order valence-corrected chi connectivity index (χ4v) is 7.42. The number of nitrogens with zero attached hydrogens (tertiary/aromatic N) is 2. The van der Waals surface area contributed by atoms with E-state index in [4.69, 9.17) is 23.2 Å². The van der Waals surface area contributed by atoms with Crippen LogP contribution in [0.2, 0.25) is 0 Å². The van der Waals surface area contributed by atoms with Gasteiger partial charge in [0.25, 0.3) is 0 Å². The predicted molar refractivity (Wildman–Crippen MR) is 206 cm³/mol. The van der Waals surface area contributed by atoms with Gasteiger partial charge in [0.2, 0.25) is 0 Å². The van der Waals surface area contributed by atoms with Gasteiger partial charge in [-0.2, -0.15) is 0 Å². The molecule has 0 radical (unpaired) electrons. The van der Waals surface area contributed by atoms with Crippen molar-refractivity contribution in [3.05, 3.63) is 158 Å². The molecule has 4 heterocycles. The quantitative estimate of drug-likeness (QED) is 0.189. The molecule has 0 saturated heterocycles. The van der Waals surface area contributed by atoms with E-state index in [0.717, 1.165) is 93.7 Å². The van der Waals surface area contributed by atoms with Crippen molar-refractivity contribution in [3.63, 3.8) is 0 Å². The Morgan fingerprint density at radius 3 is 1.65 bits per heavy atom. The van der Waals surface area contributed by atoms with Crippen LogP contribution in [-0.2, 0) is 0 Å². The van der Waals surface area contributed by atoms with E-state index in [2.05, 4.69) is 97.1 Å². The van der Waals surface area contributed by atoms with Gasteiger partial charge in [0, 0.05) is 38.1 Å². The van der Waals surface area contributed by atoms with Gasteiger partial charge in [-0.05, 0) is 70.8 Å². The van der Waals surface area contributed by atoms with Gasteiger partial charge in [-0.1, -0.05) is 109 Å². The van der Waals surface area contributed by atoms with Crippen LogP contribution >= 0.6 is 0 Å². The van der Waals surface area contributed by atoms with E-state index >= 15 is 0 Å². The summed E-state index contributed by atoms with van der Waals surface area (Å²) in [5, 5.41) is 5.20. The molecule has 5 heteroatoms. The summed E-state index contributed by atoms with van der Waals surface area (Å²) in [6.07, 6.45) is 0. The van der Waals surface area contributed by atoms with E-state index in [1.807, 2.05) is 60.7 Å². The van der Waals surface area contributed by atoms with Gasteiger partial charge >= 0.3 is 0 Å². The molecule has 0 atom stereocenters. The summed E-state index contributed by atoms with van der Waals surface area (Å²) in [5.74, 6) is 0.628. The minimum absolute atomic E-state index is 0.628. The van der Waals surface area contributed by atoms with Crippen LogP contribution in [0, 0.1) is 0 Å². The van der Waals surface area contributed by atoms with Gasteiger partial charge in [-0.25, -0.2) is 9.97 Å². The summed E-state index contributed by atoms with van der Waals surface area (Å²) in [6, 6.07) is 53.9. The standard InChI is InChI=1S/C46H26N2O3/c1-3-10-27(11-4-1)29-18-23-41-37(26-29)43-45(51-41)42(47-46(48-43)28-12-5-2-6-13-28)34-16-9-15-33-36-25-31(20-22-40(36)50-44(33)34)30-19-21-39-35(24-30)32-14-7-8-17-38(32)49-39/h1-26H. The smallest absolute Gasteiger partial charge is 0.180 e. The maximum absolute atomic E-state index is 6.67. The van der Waals surface area contributed by atoms with Gasteiger partial charge in [0.05, 0.1) is 0 Å². The van der Waals surface area contributed by atoms with Crippen molar-refractivity contribution in [1.29, 1.82) is 0 Å². The highest BCUT2D eigenvalue weighted by molar-refractivity contribution is 6.14. The topological polar surface area (TPSA) is 65.2 Å². The fraction of sp³-hybridized carbons (Fsp3) is 0. The molecular formula is C46H26N2O3. The summed E-state index contributed by atoms with van der Waals surface area (Å²) in [5.41, 5.74) is 12.4. The highest BCUT2D eigenvalue weighted by atomic mass is 16.3. The van der Waals surface area contributed by atoms with Gasteiger partial charge in [0.15, 0.2) is 11.4 Å². The van der Waals surface area contributed by atoms with Crippen LogP contribution in [0.25, 0.3) is 111 Å². The molecule has 11 rings (SSSR count). The van der Waals surface area contributed by atoms with Gasteiger partial charge in [0.1, 0.15) is 39.1 Å². The first-order chi connectivity index (χ1) is 25.2. The molecule has 5 nitrogen and oxygen atoms in total. The highest BCUT2D eigenvalue weighted by Gasteiger charge is 2.22. The van der Waals surface area contributed by atoms with Crippen LogP contribution < -0.4 is 0 Å². The molecule has 238 valence electrons. The maximum atomic E-state index is 6.67. The summed E-state index contributed by atoms with van der Waals surface area (Å²) in [4.78, 5) is 10.3. The summed E-state index contributed by atoms with van der Waals surface area (Å²) >= 11 is 0. The Balaban J connectivity index is 1.12. The number of aromatic nitrogens is 2. The lowest BCUT2D eigenvalue weighted by molar-refractivity contribution is 0.663. The summed E-state index contributed by atoms with van der Waals surface area (Å²) in [7, 11) is 0. The zero-order chi connectivity index (χ0) is 33.5. The normalized spacial score (nSPS) is 11.9. The van der Waals surface area contributed by atoms with Crippen molar-refractivity contribution >= 4 is 65.9 Å². The first kappa shape index (κ1) is 27.9. The van der Waals surface area contributed by atoms with Gasteiger partial charge < -0.3 is 13.3 Å². The highest BCUT2D eigenvalue weighted by Crippen LogP contribution is 2.42. The van der Waals surface area contributed by atoms with Crippen LogP contribution in [0.1, 0.15) is 0 Å². The van der Waals surface area contributed by atoms with Crippen molar-refractivity contribution in [2.75, 3.05) is 0 Å². The van der Waals surface area contributed by atoms with E-state index in [0.29, 0.717) is 17.1 Å². The molecule has 0 spiro atoms. The average Bonchev–Trinajstić information content (AvgIpc) is 3.88. The Morgan fingerprint density at radius 2 is 0.882 bits per heavy atom. The molecule has 0 aliphatic heterocycles. The second-order valence-electron chi connectivity index (χ2n) is 12.9.